The van der Waals surface area contributed by atoms with E-state index in [0.29, 0.717) is 6.42 Å². The van der Waals surface area contributed by atoms with Crippen LogP contribution in [0.15, 0.2) is 0 Å². The fourth-order valence-corrected chi connectivity index (χ4v) is 3.41. The van der Waals surface area contributed by atoms with Gasteiger partial charge in [-0.3, -0.25) is 0 Å². The van der Waals surface area contributed by atoms with Gasteiger partial charge >= 0.3 is 0 Å². The highest BCUT2D eigenvalue weighted by Crippen LogP contribution is 2.19. The summed E-state index contributed by atoms with van der Waals surface area (Å²) in [6.07, 6.45) is 19.7. The lowest BCUT2D eigenvalue weighted by atomic mass is 9.99. The molecular weight excluding hydrogens is 342 g/mol. The molecule has 163 valence electrons. The Labute approximate surface area is 167 Å². The van der Waals surface area contributed by atoms with E-state index in [2.05, 4.69) is 6.92 Å². The maximum Gasteiger partial charge on any atom is 0.167 e. The topological polar surface area (TPSA) is 107 Å². The maximum atomic E-state index is 9.75. The Kier molecular flexibility index (Phi) is 17.7. The summed E-state index contributed by atoms with van der Waals surface area (Å²) < 4.78 is 0. The molecule has 1 radical (unpaired) electrons. The van der Waals surface area contributed by atoms with Crippen molar-refractivity contribution >= 4 is 0 Å². The minimum atomic E-state index is -2.03. The average molecular weight is 389 g/mol. The first-order chi connectivity index (χ1) is 12.9. The number of rotatable bonds is 20. The summed E-state index contributed by atoms with van der Waals surface area (Å²) in [5.74, 6) is -2.03. The third-order valence-electron chi connectivity index (χ3n) is 5.20. The second kappa shape index (κ2) is 17.9. The smallest absolute Gasteiger partial charge is 0.167 e. The van der Waals surface area contributed by atoms with Gasteiger partial charge in [0, 0.05) is 12.8 Å². The van der Waals surface area contributed by atoms with Crippen molar-refractivity contribution in [3.8, 4) is 0 Å². The van der Waals surface area contributed by atoms with Crippen molar-refractivity contribution in [2.24, 2.45) is 5.73 Å². The van der Waals surface area contributed by atoms with Crippen molar-refractivity contribution in [1.29, 1.82) is 0 Å². The van der Waals surface area contributed by atoms with Crippen LogP contribution in [0.1, 0.15) is 116 Å². The van der Waals surface area contributed by atoms with Crippen LogP contribution in [0.25, 0.3) is 0 Å². The van der Waals surface area contributed by atoms with Crippen molar-refractivity contribution < 1.29 is 20.4 Å². The van der Waals surface area contributed by atoms with Gasteiger partial charge in [0.1, 0.15) is 0 Å². The lowest BCUT2D eigenvalue weighted by molar-refractivity contribution is -0.152. The van der Waals surface area contributed by atoms with E-state index in [4.69, 9.17) is 15.9 Å². The summed E-state index contributed by atoms with van der Waals surface area (Å²) >= 11 is 0. The predicted octanol–water partition coefficient (Wildman–Crippen LogP) is 4.16. The van der Waals surface area contributed by atoms with Crippen LogP contribution in [0.2, 0.25) is 0 Å². The van der Waals surface area contributed by atoms with E-state index >= 15 is 0 Å². The third kappa shape index (κ3) is 18.9. The molecule has 0 aromatic carbocycles. The third-order valence-corrected chi connectivity index (χ3v) is 5.20. The summed E-state index contributed by atoms with van der Waals surface area (Å²) in [7, 11) is 0. The Balaban J connectivity index is 3.29. The average Bonchev–Trinajstić information content (AvgIpc) is 2.60. The van der Waals surface area contributed by atoms with Gasteiger partial charge in [-0.2, -0.15) is 0 Å². The summed E-state index contributed by atoms with van der Waals surface area (Å²) in [5.41, 5.74) is 5.39. The van der Waals surface area contributed by atoms with E-state index in [9.17, 15) is 10.2 Å². The van der Waals surface area contributed by atoms with Gasteiger partial charge in [-0.1, -0.05) is 103 Å². The van der Waals surface area contributed by atoms with Gasteiger partial charge < -0.3 is 26.2 Å². The number of hydrogen-bond donors (Lipinski definition) is 5. The number of hydrogen-bond acceptors (Lipinski definition) is 5. The minimum absolute atomic E-state index is 0.172. The molecule has 5 heteroatoms. The molecule has 1 atom stereocenters. The van der Waals surface area contributed by atoms with Crippen LogP contribution in [0, 0.1) is 6.42 Å². The first-order valence-corrected chi connectivity index (χ1v) is 11.3. The SMILES string of the molecule is CCCCCCCCCCCCCCCCCCC(O)(O)[CH]C(N)C(O)O. The fourth-order valence-electron chi connectivity index (χ4n) is 3.41. The highest BCUT2D eigenvalue weighted by molar-refractivity contribution is 4.92. The van der Waals surface area contributed by atoms with Crippen molar-refractivity contribution in [3.63, 3.8) is 0 Å². The molecule has 0 saturated heterocycles. The second-order valence-electron chi connectivity index (χ2n) is 8.09. The molecule has 5 nitrogen and oxygen atoms in total. The van der Waals surface area contributed by atoms with Crippen LogP contribution in [0.4, 0.5) is 0 Å². The van der Waals surface area contributed by atoms with Crippen LogP contribution in [0.5, 0.6) is 0 Å². The van der Waals surface area contributed by atoms with Gasteiger partial charge in [-0.05, 0) is 6.42 Å². The molecule has 0 aliphatic rings. The predicted molar refractivity (Wildman–Crippen MR) is 112 cm³/mol. The molecule has 0 aliphatic heterocycles. The molecule has 27 heavy (non-hydrogen) atoms. The fraction of sp³-hybridized carbons (Fsp3) is 0.955. The Morgan fingerprint density at radius 1 is 0.667 bits per heavy atom. The molecule has 0 bridgehead atoms. The van der Waals surface area contributed by atoms with Crippen molar-refractivity contribution in [2.75, 3.05) is 0 Å². The van der Waals surface area contributed by atoms with Crippen molar-refractivity contribution in [2.45, 2.75) is 134 Å². The first kappa shape index (κ1) is 26.8. The number of aliphatic hydroxyl groups is 4. The standard InChI is InChI=1S/C22H46NO4/c1-2-3-4-5-6-7-8-9-10-11-12-13-14-15-16-17-18-22(26,27)19-20(23)21(24)25/h19-21,24-27H,2-18,23H2,1H3. The van der Waals surface area contributed by atoms with Crippen molar-refractivity contribution in [1.82, 2.24) is 0 Å². The molecular formula is C22H46NO4. The van der Waals surface area contributed by atoms with E-state index in [0.717, 1.165) is 19.3 Å². The van der Waals surface area contributed by atoms with Gasteiger partial charge in [-0.15, -0.1) is 0 Å². The van der Waals surface area contributed by atoms with Gasteiger partial charge in [0.2, 0.25) is 0 Å². The zero-order valence-electron chi connectivity index (χ0n) is 17.6. The Morgan fingerprint density at radius 2 is 1.00 bits per heavy atom. The molecule has 0 spiro atoms. The number of unbranched alkanes of at least 4 members (excludes halogenated alkanes) is 15. The molecule has 0 aromatic rings. The van der Waals surface area contributed by atoms with E-state index in [1.807, 2.05) is 0 Å². The molecule has 0 heterocycles. The number of nitrogens with two attached hydrogens (primary N) is 1. The maximum absolute atomic E-state index is 9.75. The van der Waals surface area contributed by atoms with Crippen LogP contribution in [-0.2, 0) is 0 Å². The normalized spacial score (nSPS) is 13.4. The molecule has 0 amide bonds. The molecule has 0 fully saturated rings. The largest absolute Gasteiger partial charge is 0.367 e. The van der Waals surface area contributed by atoms with E-state index in [-0.39, 0.29) is 6.42 Å². The van der Waals surface area contributed by atoms with Crippen LogP contribution < -0.4 is 5.73 Å². The molecule has 0 aromatic heterocycles. The van der Waals surface area contributed by atoms with Crippen LogP contribution in [0.3, 0.4) is 0 Å². The minimum Gasteiger partial charge on any atom is -0.367 e. The summed E-state index contributed by atoms with van der Waals surface area (Å²) in [4.78, 5) is 0. The van der Waals surface area contributed by atoms with Gasteiger partial charge in [0.15, 0.2) is 12.1 Å². The zero-order valence-corrected chi connectivity index (χ0v) is 17.6. The van der Waals surface area contributed by atoms with Gasteiger partial charge in [0.05, 0.1) is 6.04 Å². The molecule has 0 aliphatic carbocycles. The monoisotopic (exact) mass is 388 g/mol. The Morgan fingerprint density at radius 3 is 1.33 bits per heavy atom. The second-order valence-corrected chi connectivity index (χ2v) is 8.09. The molecule has 0 saturated carbocycles. The highest BCUT2D eigenvalue weighted by atomic mass is 16.5. The highest BCUT2D eigenvalue weighted by Gasteiger charge is 2.28. The van der Waals surface area contributed by atoms with Gasteiger partial charge in [-0.25, -0.2) is 0 Å². The Bertz CT molecular complexity index is 311. The molecule has 6 N–H and O–H groups in total. The lowest BCUT2D eigenvalue weighted by Gasteiger charge is -2.25. The van der Waals surface area contributed by atoms with E-state index < -0.39 is 18.1 Å². The van der Waals surface area contributed by atoms with Crippen LogP contribution >= 0.6 is 0 Å². The van der Waals surface area contributed by atoms with Crippen LogP contribution in [-0.4, -0.2) is 38.5 Å². The lowest BCUT2D eigenvalue weighted by Crippen LogP contribution is -2.44. The van der Waals surface area contributed by atoms with E-state index in [1.54, 1.807) is 0 Å². The van der Waals surface area contributed by atoms with E-state index in [1.165, 1.54) is 83.5 Å². The quantitative estimate of drug-likeness (QED) is 0.159. The number of aliphatic hydroxyl groups excluding tert-OH is 1. The van der Waals surface area contributed by atoms with Gasteiger partial charge in [0.25, 0.3) is 0 Å². The molecule has 1 unspecified atom stereocenters. The zero-order chi connectivity index (χ0) is 20.4. The summed E-state index contributed by atoms with van der Waals surface area (Å²) in [6.45, 7) is 2.26. The first-order valence-electron chi connectivity index (χ1n) is 11.3. The molecule has 0 rings (SSSR count). The Hall–Kier alpha value is -0.200. The summed E-state index contributed by atoms with van der Waals surface area (Å²) in [6, 6.07) is -1.15. The van der Waals surface area contributed by atoms with Crippen molar-refractivity contribution in [3.05, 3.63) is 6.42 Å². The summed E-state index contributed by atoms with van der Waals surface area (Å²) in [5, 5.41) is 37.2.